The Hall–Kier alpha value is -3.00. The number of amides is 2. The number of rotatable bonds is 4. The zero-order valence-electron chi connectivity index (χ0n) is 16.1. The van der Waals surface area contributed by atoms with Crippen molar-refractivity contribution < 1.29 is 14.0 Å². The number of hydrazine groups is 1. The predicted molar refractivity (Wildman–Crippen MR) is 114 cm³/mol. The van der Waals surface area contributed by atoms with Gasteiger partial charge >= 0.3 is 0 Å². The molecule has 2 N–H and O–H groups in total. The Labute approximate surface area is 181 Å². The van der Waals surface area contributed by atoms with Gasteiger partial charge in [0.2, 0.25) is 5.91 Å². The highest BCUT2D eigenvalue weighted by Crippen LogP contribution is 2.27. The Morgan fingerprint density at radius 1 is 1.07 bits per heavy atom. The summed E-state index contributed by atoms with van der Waals surface area (Å²) in [6.45, 7) is 0. The first-order valence-corrected chi connectivity index (χ1v) is 10.5. The molecule has 6 nitrogen and oxygen atoms in total. The normalized spacial score (nSPS) is 12.9. The number of benzene rings is 2. The van der Waals surface area contributed by atoms with E-state index in [-0.39, 0.29) is 12.2 Å². The smallest absolute Gasteiger partial charge is 0.273 e. The van der Waals surface area contributed by atoms with Crippen molar-refractivity contribution in [1.82, 2.24) is 20.6 Å². The third-order valence-electron chi connectivity index (χ3n) is 5.04. The van der Waals surface area contributed by atoms with Crippen molar-refractivity contribution >= 4 is 27.7 Å². The van der Waals surface area contributed by atoms with E-state index in [2.05, 4.69) is 31.9 Å². The van der Waals surface area contributed by atoms with E-state index in [1.807, 2.05) is 28.9 Å². The van der Waals surface area contributed by atoms with Gasteiger partial charge in [-0.25, -0.2) is 9.07 Å². The number of hydrogen-bond donors (Lipinski definition) is 2. The number of carbonyl (C=O) groups is 2. The van der Waals surface area contributed by atoms with Crippen molar-refractivity contribution in [2.45, 2.75) is 32.1 Å². The molecular formula is C22H20BrFN4O2. The van der Waals surface area contributed by atoms with Crippen LogP contribution in [0.15, 0.2) is 53.0 Å². The predicted octanol–water partition coefficient (Wildman–Crippen LogP) is 3.66. The van der Waals surface area contributed by atoms with Gasteiger partial charge in [-0.3, -0.25) is 20.4 Å². The molecule has 0 unspecified atom stereocenters. The van der Waals surface area contributed by atoms with Crippen LogP contribution in [0, 0.1) is 5.82 Å². The fourth-order valence-electron chi connectivity index (χ4n) is 3.62. The van der Waals surface area contributed by atoms with Crippen LogP contribution in [0.4, 0.5) is 4.39 Å². The lowest BCUT2D eigenvalue weighted by Gasteiger charge is -2.14. The molecule has 0 spiro atoms. The monoisotopic (exact) mass is 470 g/mol. The van der Waals surface area contributed by atoms with Crippen LogP contribution in [0.5, 0.6) is 0 Å². The molecular weight excluding hydrogens is 451 g/mol. The molecule has 0 atom stereocenters. The molecule has 0 radical (unpaired) electrons. The van der Waals surface area contributed by atoms with E-state index in [4.69, 9.17) is 0 Å². The summed E-state index contributed by atoms with van der Waals surface area (Å²) in [5, 5.41) is 4.57. The Bertz CT molecular complexity index is 1100. The molecule has 30 heavy (non-hydrogen) atoms. The first-order valence-electron chi connectivity index (χ1n) is 9.71. The fraction of sp³-hybridized carbons (Fsp3) is 0.227. The van der Waals surface area contributed by atoms with Gasteiger partial charge in [0.25, 0.3) is 5.91 Å². The molecule has 0 saturated carbocycles. The first-order chi connectivity index (χ1) is 14.5. The SMILES string of the molecule is O=C(Cc1ccc(F)cc1)NNC(=O)c1nn(-c2cccc(Br)c2)c2c1CCCC2. The average Bonchev–Trinajstić information content (AvgIpc) is 3.14. The molecule has 2 amide bonds. The molecule has 4 rings (SSSR count). The maximum atomic E-state index is 13.0. The van der Waals surface area contributed by atoms with E-state index in [1.165, 1.54) is 24.3 Å². The maximum Gasteiger partial charge on any atom is 0.290 e. The van der Waals surface area contributed by atoms with Gasteiger partial charge in [-0.2, -0.15) is 5.10 Å². The number of fused-ring (bicyclic) bond motifs is 1. The summed E-state index contributed by atoms with van der Waals surface area (Å²) >= 11 is 3.47. The van der Waals surface area contributed by atoms with Crippen LogP contribution in [0.25, 0.3) is 5.69 Å². The summed E-state index contributed by atoms with van der Waals surface area (Å²) in [5.74, 6) is -1.21. The topological polar surface area (TPSA) is 76.0 Å². The molecule has 0 aliphatic heterocycles. The number of nitrogens with zero attached hydrogens (tertiary/aromatic N) is 2. The third kappa shape index (κ3) is 4.43. The lowest BCUT2D eigenvalue weighted by molar-refractivity contribution is -0.121. The average molecular weight is 471 g/mol. The van der Waals surface area contributed by atoms with Crippen LogP contribution in [0.1, 0.15) is 40.2 Å². The van der Waals surface area contributed by atoms with E-state index in [1.54, 1.807) is 0 Å². The number of aromatic nitrogens is 2. The summed E-state index contributed by atoms with van der Waals surface area (Å²) in [5.41, 5.74) is 8.69. The van der Waals surface area contributed by atoms with Gasteiger partial charge in [-0.1, -0.05) is 34.1 Å². The highest BCUT2D eigenvalue weighted by Gasteiger charge is 2.25. The maximum absolute atomic E-state index is 13.0. The molecule has 0 fully saturated rings. The zero-order chi connectivity index (χ0) is 21.1. The van der Waals surface area contributed by atoms with Gasteiger partial charge in [-0.15, -0.1) is 0 Å². The van der Waals surface area contributed by atoms with E-state index >= 15 is 0 Å². The van der Waals surface area contributed by atoms with E-state index in [9.17, 15) is 14.0 Å². The van der Waals surface area contributed by atoms with Crippen molar-refractivity contribution in [2.75, 3.05) is 0 Å². The Morgan fingerprint density at radius 3 is 2.60 bits per heavy atom. The van der Waals surface area contributed by atoms with Gasteiger partial charge in [0.1, 0.15) is 5.82 Å². The lowest BCUT2D eigenvalue weighted by Crippen LogP contribution is -2.42. The second-order valence-corrected chi connectivity index (χ2v) is 8.09. The molecule has 1 heterocycles. The highest BCUT2D eigenvalue weighted by atomic mass is 79.9. The van der Waals surface area contributed by atoms with Crippen molar-refractivity contribution in [1.29, 1.82) is 0 Å². The molecule has 0 saturated heterocycles. The summed E-state index contributed by atoms with van der Waals surface area (Å²) in [4.78, 5) is 24.9. The molecule has 2 aromatic carbocycles. The van der Waals surface area contributed by atoms with Crippen LogP contribution in [-0.2, 0) is 24.1 Å². The molecule has 1 aromatic heterocycles. The van der Waals surface area contributed by atoms with Crippen molar-refractivity contribution in [3.8, 4) is 5.69 Å². The molecule has 1 aliphatic carbocycles. The molecule has 8 heteroatoms. The summed E-state index contributed by atoms with van der Waals surface area (Å²) in [6, 6.07) is 13.4. The molecule has 3 aromatic rings. The molecule has 154 valence electrons. The summed E-state index contributed by atoms with van der Waals surface area (Å²) < 4.78 is 15.7. The number of hydrogen-bond acceptors (Lipinski definition) is 3. The first kappa shape index (κ1) is 20.3. The van der Waals surface area contributed by atoms with Crippen molar-refractivity contribution in [2.24, 2.45) is 0 Å². The molecule has 0 bridgehead atoms. The van der Waals surface area contributed by atoms with E-state index < -0.39 is 11.8 Å². The number of halogens is 2. The minimum Gasteiger partial charge on any atom is -0.273 e. The van der Waals surface area contributed by atoms with Crippen molar-refractivity contribution in [3.63, 3.8) is 0 Å². The quantitative estimate of drug-likeness (QED) is 0.571. The van der Waals surface area contributed by atoms with Crippen molar-refractivity contribution in [3.05, 3.63) is 81.3 Å². The van der Waals surface area contributed by atoms with Crippen LogP contribution >= 0.6 is 15.9 Å². The second-order valence-electron chi connectivity index (χ2n) is 7.18. The van der Waals surface area contributed by atoms with Gasteiger partial charge in [0.15, 0.2) is 5.69 Å². The molecule has 1 aliphatic rings. The number of carbonyl (C=O) groups excluding carboxylic acids is 2. The Kier molecular flexibility index (Phi) is 5.94. The second kappa shape index (κ2) is 8.79. The van der Waals surface area contributed by atoms with Gasteiger partial charge in [-0.05, 0) is 61.6 Å². The third-order valence-corrected chi connectivity index (χ3v) is 5.53. The van der Waals surface area contributed by atoms with Gasteiger partial charge < -0.3 is 0 Å². The Morgan fingerprint density at radius 2 is 1.83 bits per heavy atom. The summed E-state index contributed by atoms with van der Waals surface area (Å²) in [7, 11) is 0. The highest BCUT2D eigenvalue weighted by molar-refractivity contribution is 9.10. The number of nitrogens with one attached hydrogen (secondary N) is 2. The minimum absolute atomic E-state index is 0.0329. The Balaban J connectivity index is 1.50. The van der Waals surface area contributed by atoms with Crippen LogP contribution in [0.3, 0.4) is 0 Å². The zero-order valence-corrected chi connectivity index (χ0v) is 17.7. The van der Waals surface area contributed by atoms with Crippen LogP contribution < -0.4 is 10.9 Å². The standard InChI is InChI=1S/C22H20BrFN4O2/c23-15-4-3-5-17(13-15)28-19-7-2-1-6-18(19)21(27-28)22(30)26-25-20(29)12-14-8-10-16(24)11-9-14/h3-5,8-11,13H,1-2,6-7,12H2,(H,25,29)(H,26,30). The van der Waals surface area contributed by atoms with Crippen LogP contribution in [0.2, 0.25) is 0 Å². The summed E-state index contributed by atoms with van der Waals surface area (Å²) in [6.07, 6.45) is 3.69. The lowest BCUT2D eigenvalue weighted by atomic mass is 9.95. The van der Waals surface area contributed by atoms with Gasteiger partial charge in [0.05, 0.1) is 12.1 Å². The fourth-order valence-corrected chi connectivity index (χ4v) is 4.01. The van der Waals surface area contributed by atoms with Crippen LogP contribution in [-0.4, -0.2) is 21.6 Å². The van der Waals surface area contributed by atoms with E-state index in [0.717, 1.165) is 47.1 Å². The largest absolute Gasteiger partial charge is 0.290 e. The van der Waals surface area contributed by atoms with E-state index in [0.29, 0.717) is 11.3 Å². The minimum atomic E-state index is -0.450. The van der Waals surface area contributed by atoms with Gasteiger partial charge in [0, 0.05) is 15.7 Å².